The van der Waals surface area contributed by atoms with Gasteiger partial charge in [0, 0.05) is 6.42 Å². The highest BCUT2D eigenvalue weighted by Crippen LogP contribution is 2.23. The molecule has 0 saturated heterocycles. The van der Waals surface area contributed by atoms with Crippen molar-refractivity contribution in [2.75, 3.05) is 7.11 Å². The highest BCUT2D eigenvalue weighted by Gasteiger charge is 2.04. The Morgan fingerprint density at radius 3 is 1.92 bits per heavy atom. The van der Waals surface area contributed by atoms with Gasteiger partial charge in [-0.15, -0.1) is 0 Å². The van der Waals surface area contributed by atoms with Crippen LogP contribution in [0.4, 0.5) is 11.4 Å². The molecule has 0 atom stereocenters. The van der Waals surface area contributed by atoms with Crippen LogP contribution in [0, 0.1) is 0 Å². The van der Waals surface area contributed by atoms with E-state index in [0.29, 0.717) is 17.9 Å². The summed E-state index contributed by atoms with van der Waals surface area (Å²) in [6, 6.07) is 14.3. The first kappa shape index (κ1) is 17.7. The summed E-state index contributed by atoms with van der Waals surface area (Å²) in [5, 5.41) is 8.31. The van der Waals surface area contributed by atoms with E-state index in [2.05, 4.69) is 17.2 Å². The fourth-order valence-electron chi connectivity index (χ4n) is 2.05. The molecule has 0 heterocycles. The summed E-state index contributed by atoms with van der Waals surface area (Å²) >= 11 is 0. The summed E-state index contributed by atoms with van der Waals surface area (Å²) in [6.07, 6.45) is 3.44. The number of methoxy groups -OCH3 is 1. The average Bonchev–Trinajstić information content (AvgIpc) is 2.62. The molecule has 0 spiro atoms. The maximum atomic E-state index is 11.7. The zero-order chi connectivity index (χ0) is 17.2. The van der Waals surface area contributed by atoms with Crippen LogP contribution in [0.5, 0.6) is 11.5 Å². The number of azo groups is 1. The summed E-state index contributed by atoms with van der Waals surface area (Å²) in [5.41, 5.74) is 1.43. The first-order valence-electron chi connectivity index (χ1n) is 8.08. The lowest BCUT2D eigenvalue weighted by Crippen LogP contribution is -2.07. The standard InChI is InChI=1S/C19H22N2O3/c1-3-4-5-6-19(22)24-18-13-9-16(10-14-18)21-20-15-7-11-17(23-2)12-8-15/h7-14H,3-6H2,1-2H3. The number of ether oxygens (including phenoxy) is 2. The molecule has 24 heavy (non-hydrogen) atoms. The van der Waals surface area contributed by atoms with Crippen LogP contribution in [0.3, 0.4) is 0 Å². The largest absolute Gasteiger partial charge is 0.497 e. The summed E-state index contributed by atoms with van der Waals surface area (Å²) in [6.45, 7) is 2.10. The average molecular weight is 326 g/mol. The third-order valence-corrected chi connectivity index (χ3v) is 3.41. The molecule has 0 aliphatic heterocycles. The Bertz CT molecular complexity index is 664. The van der Waals surface area contributed by atoms with Crippen molar-refractivity contribution >= 4 is 17.3 Å². The van der Waals surface area contributed by atoms with E-state index in [4.69, 9.17) is 9.47 Å². The highest BCUT2D eigenvalue weighted by molar-refractivity contribution is 5.72. The molecule has 0 aliphatic rings. The molecule has 2 rings (SSSR count). The fourth-order valence-corrected chi connectivity index (χ4v) is 2.05. The van der Waals surface area contributed by atoms with Crippen LogP contribution in [0.2, 0.25) is 0 Å². The van der Waals surface area contributed by atoms with Crippen molar-refractivity contribution in [3.63, 3.8) is 0 Å². The number of carbonyl (C=O) groups excluding carboxylic acids is 1. The smallest absolute Gasteiger partial charge is 0.311 e. The maximum Gasteiger partial charge on any atom is 0.311 e. The van der Waals surface area contributed by atoms with Gasteiger partial charge in [0.1, 0.15) is 11.5 Å². The van der Waals surface area contributed by atoms with Gasteiger partial charge in [-0.2, -0.15) is 10.2 Å². The predicted molar refractivity (Wildman–Crippen MR) is 93.4 cm³/mol. The molecular weight excluding hydrogens is 304 g/mol. The van der Waals surface area contributed by atoms with E-state index in [1.807, 2.05) is 24.3 Å². The third kappa shape index (κ3) is 5.83. The molecular formula is C19H22N2O3. The van der Waals surface area contributed by atoms with Crippen LogP contribution < -0.4 is 9.47 Å². The van der Waals surface area contributed by atoms with Gasteiger partial charge in [-0.25, -0.2) is 0 Å². The monoisotopic (exact) mass is 326 g/mol. The number of hydrogen-bond donors (Lipinski definition) is 0. The molecule has 0 saturated carbocycles. The van der Waals surface area contributed by atoms with Gasteiger partial charge in [0.15, 0.2) is 0 Å². The number of rotatable bonds is 8. The van der Waals surface area contributed by atoms with Gasteiger partial charge in [0.2, 0.25) is 0 Å². The van der Waals surface area contributed by atoms with Gasteiger partial charge < -0.3 is 9.47 Å². The van der Waals surface area contributed by atoms with E-state index in [0.717, 1.165) is 30.7 Å². The van der Waals surface area contributed by atoms with Gasteiger partial charge in [-0.3, -0.25) is 4.79 Å². The van der Waals surface area contributed by atoms with Gasteiger partial charge in [0.05, 0.1) is 18.5 Å². The Balaban J connectivity index is 1.89. The zero-order valence-corrected chi connectivity index (χ0v) is 14.1. The maximum absolute atomic E-state index is 11.7. The number of nitrogens with zero attached hydrogens (tertiary/aromatic N) is 2. The predicted octanol–water partition coefficient (Wildman–Crippen LogP) is 5.60. The van der Waals surface area contributed by atoms with Gasteiger partial charge >= 0.3 is 5.97 Å². The summed E-state index contributed by atoms with van der Waals surface area (Å²) < 4.78 is 10.4. The minimum absolute atomic E-state index is 0.198. The summed E-state index contributed by atoms with van der Waals surface area (Å²) in [4.78, 5) is 11.7. The second-order valence-electron chi connectivity index (χ2n) is 5.32. The normalized spacial score (nSPS) is 10.8. The molecule has 0 aliphatic carbocycles. The van der Waals surface area contributed by atoms with E-state index in [1.54, 1.807) is 31.4 Å². The van der Waals surface area contributed by atoms with E-state index >= 15 is 0 Å². The van der Waals surface area contributed by atoms with Gasteiger partial charge in [-0.1, -0.05) is 19.8 Å². The van der Waals surface area contributed by atoms with Crippen molar-refractivity contribution in [3.8, 4) is 11.5 Å². The Hall–Kier alpha value is -2.69. The van der Waals surface area contributed by atoms with Crippen molar-refractivity contribution in [1.29, 1.82) is 0 Å². The second kappa shape index (κ2) is 9.45. The second-order valence-corrected chi connectivity index (χ2v) is 5.32. The van der Waals surface area contributed by atoms with Crippen molar-refractivity contribution < 1.29 is 14.3 Å². The number of hydrogen-bond acceptors (Lipinski definition) is 5. The van der Waals surface area contributed by atoms with Crippen LogP contribution in [-0.2, 0) is 4.79 Å². The lowest BCUT2D eigenvalue weighted by molar-refractivity contribution is -0.134. The van der Waals surface area contributed by atoms with Crippen LogP contribution in [-0.4, -0.2) is 13.1 Å². The van der Waals surface area contributed by atoms with Crippen LogP contribution in [0.15, 0.2) is 58.8 Å². The number of esters is 1. The Morgan fingerprint density at radius 1 is 0.875 bits per heavy atom. The third-order valence-electron chi connectivity index (χ3n) is 3.41. The molecule has 0 aromatic heterocycles. The van der Waals surface area contributed by atoms with Gasteiger partial charge in [0.25, 0.3) is 0 Å². The number of carbonyl (C=O) groups is 1. The molecule has 0 radical (unpaired) electrons. The first-order valence-corrected chi connectivity index (χ1v) is 8.08. The van der Waals surface area contributed by atoms with Crippen LogP contribution in [0.1, 0.15) is 32.6 Å². The van der Waals surface area contributed by atoms with Crippen molar-refractivity contribution in [2.24, 2.45) is 10.2 Å². The highest BCUT2D eigenvalue weighted by atomic mass is 16.5. The van der Waals surface area contributed by atoms with E-state index < -0.39 is 0 Å². The molecule has 2 aromatic carbocycles. The van der Waals surface area contributed by atoms with E-state index in [9.17, 15) is 4.79 Å². The summed E-state index contributed by atoms with van der Waals surface area (Å²) in [5.74, 6) is 1.11. The van der Waals surface area contributed by atoms with Crippen molar-refractivity contribution in [2.45, 2.75) is 32.6 Å². The molecule has 0 N–H and O–H groups in total. The Morgan fingerprint density at radius 2 is 1.42 bits per heavy atom. The first-order chi connectivity index (χ1) is 11.7. The molecule has 0 amide bonds. The molecule has 5 nitrogen and oxygen atoms in total. The molecule has 0 bridgehead atoms. The zero-order valence-electron chi connectivity index (χ0n) is 14.1. The SMILES string of the molecule is CCCCCC(=O)Oc1ccc(N=Nc2ccc(OC)cc2)cc1. The quantitative estimate of drug-likeness (QED) is 0.275. The van der Waals surface area contributed by atoms with Crippen molar-refractivity contribution in [1.82, 2.24) is 0 Å². The Labute approximate surface area is 142 Å². The Kier molecular flexibility index (Phi) is 6.95. The van der Waals surface area contributed by atoms with E-state index in [-0.39, 0.29) is 5.97 Å². The number of unbranched alkanes of at least 4 members (excludes halogenated alkanes) is 2. The molecule has 0 unspecified atom stereocenters. The lowest BCUT2D eigenvalue weighted by Gasteiger charge is -2.04. The summed E-state index contributed by atoms with van der Waals surface area (Å²) in [7, 11) is 1.62. The van der Waals surface area contributed by atoms with Crippen molar-refractivity contribution in [3.05, 3.63) is 48.5 Å². The molecule has 126 valence electrons. The molecule has 0 fully saturated rings. The molecule has 2 aromatic rings. The van der Waals surface area contributed by atoms with Crippen LogP contribution >= 0.6 is 0 Å². The fraction of sp³-hybridized carbons (Fsp3) is 0.316. The van der Waals surface area contributed by atoms with Crippen LogP contribution in [0.25, 0.3) is 0 Å². The van der Waals surface area contributed by atoms with E-state index in [1.165, 1.54) is 0 Å². The minimum atomic E-state index is -0.198. The minimum Gasteiger partial charge on any atom is -0.497 e. The topological polar surface area (TPSA) is 60.2 Å². The molecule has 5 heteroatoms. The lowest BCUT2D eigenvalue weighted by atomic mass is 10.2. The van der Waals surface area contributed by atoms with Gasteiger partial charge in [-0.05, 0) is 55.0 Å². The number of benzene rings is 2.